The van der Waals surface area contributed by atoms with E-state index in [1.165, 1.54) is 0 Å². The van der Waals surface area contributed by atoms with Crippen LogP contribution in [0.25, 0.3) is 0 Å². The minimum atomic E-state index is -3.30. The molecule has 1 aliphatic heterocycles. The van der Waals surface area contributed by atoms with E-state index in [2.05, 4.69) is 20.3 Å². The SMILES string of the molecule is CN=C(NCC(C)(C)NS(C)(=O)=O)NC1CCCN(C(=O)OC(C)(C)C)C1. The maximum absolute atomic E-state index is 12.3. The van der Waals surface area contributed by atoms with Crippen molar-refractivity contribution in [2.24, 2.45) is 4.99 Å². The van der Waals surface area contributed by atoms with Crippen molar-refractivity contribution in [1.82, 2.24) is 20.3 Å². The fraction of sp³-hybridized carbons (Fsp3) is 0.882. The summed E-state index contributed by atoms with van der Waals surface area (Å²) in [7, 11) is -1.65. The van der Waals surface area contributed by atoms with E-state index in [9.17, 15) is 13.2 Å². The number of rotatable bonds is 5. The molecule has 0 saturated carbocycles. The van der Waals surface area contributed by atoms with Gasteiger partial charge in [-0.15, -0.1) is 0 Å². The Balaban J connectivity index is 2.58. The van der Waals surface area contributed by atoms with Crippen LogP contribution in [0, 0.1) is 0 Å². The molecule has 1 amide bonds. The Morgan fingerprint density at radius 2 is 1.89 bits per heavy atom. The zero-order valence-electron chi connectivity index (χ0n) is 17.5. The van der Waals surface area contributed by atoms with Gasteiger partial charge in [-0.1, -0.05) is 0 Å². The van der Waals surface area contributed by atoms with E-state index in [1.807, 2.05) is 20.8 Å². The van der Waals surface area contributed by atoms with Crippen molar-refractivity contribution < 1.29 is 17.9 Å². The first kappa shape index (κ1) is 23.5. The molecular formula is C17H35N5O4S. The normalized spacial score (nSPS) is 19.6. The molecule has 0 bridgehead atoms. The van der Waals surface area contributed by atoms with Crippen molar-refractivity contribution in [2.75, 3.05) is 32.9 Å². The number of likely N-dealkylation sites (tertiary alicyclic amines) is 1. The van der Waals surface area contributed by atoms with Crippen LogP contribution >= 0.6 is 0 Å². The second-order valence-electron chi connectivity index (χ2n) is 8.59. The van der Waals surface area contributed by atoms with Gasteiger partial charge in [0.2, 0.25) is 10.0 Å². The zero-order chi connectivity index (χ0) is 20.9. The fourth-order valence-electron chi connectivity index (χ4n) is 2.82. The van der Waals surface area contributed by atoms with Gasteiger partial charge in [0, 0.05) is 38.3 Å². The first-order valence-electron chi connectivity index (χ1n) is 9.15. The topological polar surface area (TPSA) is 112 Å². The lowest BCUT2D eigenvalue weighted by Crippen LogP contribution is -2.56. The van der Waals surface area contributed by atoms with Gasteiger partial charge in [0.1, 0.15) is 5.60 Å². The van der Waals surface area contributed by atoms with Crippen LogP contribution in [0.4, 0.5) is 4.79 Å². The molecule has 0 spiro atoms. The summed E-state index contributed by atoms with van der Waals surface area (Å²) in [6, 6.07) is 0.0449. The smallest absolute Gasteiger partial charge is 0.410 e. The first-order chi connectivity index (χ1) is 12.2. The van der Waals surface area contributed by atoms with Crippen LogP contribution in [-0.4, -0.2) is 75.5 Å². The van der Waals surface area contributed by atoms with Gasteiger partial charge < -0.3 is 20.3 Å². The third-order valence-corrected chi connectivity index (χ3v) is 4.72. The number of hydrogen-bond donors (Lipinski definition) is 3. The number of nitrogens with zero attached hydrogens (tertiary/aromatic N) is 2. The van der Waals surface area contributed by atoms with Gasteiger partial charge in [-0.05, 0) is 47.5 Å². The number of sulfonamides is 1. The van der Waals surface area contributed by atoms with E-state index in [0.29, 0.717) is 25.6 Å². The largest absolute Gasteiger partial charge is 0.444 e. The van der Waals surface area contributed by atoms with E-state index in [-0.39, 0.29) is 12.1 Å². The summed E-state index contributed by atoms with van der Waals surface area (Å²) >= 11 is 0. The van der Waals surface area contributed by atoms with Gasteiger partial charge in [0.15, 0.2) is 5.96 Å². The second kappa shape index (κ2) is 9.09. The Morgan fingerprint density at radius 1 is 1.26 bits per heavy atom. The van der Waals surface area contributed by atoms with Crippen LogP contribution in [0.15, 0.2) is 4.99 Å². The molecule has 0 aromatic rings. The van der Waals surface area contributed by atoms with Gasteiger partial charge >= 0.3 is 6.09 Å². The number of amides is 1. The maximum atomic E-state index is 12.3. The maximum Gasteiger partial charge on any atom is 0.410 e. The zero-order valence-corrected chi connectivity index (χ0v) is 18.4. The highest BCUT2D eigenvalue weighted by atomic mass is 32.2. The van der Waals surface area contributed by atoms with Crippen LogP contribution in [0.2, 0.25) is 0 Å². The van der Waals surface area contributed by atoms with Crippen molar-refractivity contribution in [2.45, 2.75) is 64.6 Å². The third kappa shape index (κ3) is 9.81. The van der Waals surface area contributed by atoms with Crippen molar-refractivity contribution in [1.29, 1.82) is 0 Å². The summed E-state index contributed by atoms with van der Waals surface area (Å²) in [5.41, 5.74) is -1.19. The lowest BCUT2D eigenvalue weighted by Gasteiger charge is -2.35. The molecule has 1 atom stereocenters. The molecule has 1 saturated heterocycles. The average Bonchev–Trinajstić information content (AvgIpc) is 2.47. The quantitative estimate of drug-likeness (QED) is 0.462. The summed E-state index contributed by atoms with van der Waals surface area (Å²) in [6.45, 7) is 10.7. The Labute approximate surface area is 163 Å². The van der Waals surface area contributed by atoms with Crippen LogP contribution in [0.3, 0.4) is 0 Å². The van der Waals surface area contributed by atoms with Gasteiger partial charge in [0.25, 0.3) is 0 Å². The van der Waals surface area contributed by atoms with Gasteiger partial charge in [-0.2, -0.15) is 0 Å². The van der Waals surface area contributed by atoms with Gasteiger partial charge in [-0.25, -0.2) is 17.9 Å². The average molecular weight is 406 g/mol. The summed E-state index contributed by atoms with van der Waals surface area (Å²) in [4.78, 5) is 18.2. The molecule has 0 aromatic carbocycles. The number of guanidine groups is 1. The van der Waals surface area contributed by atoms with Crippen LogP contribution in [0.5, 0.6) is 0 Å². The monoisotopic (exact) mass is 405 g/mol. The summed E-state index contributed by atoms with van der Waals surface area (Å²) < 4.78 is 30.9. The Kier molecular flexibility index (Phi) is 7.91. The number of carbonyl (C=O) groups excluding carboxylic acids is 1. The standard InChI is InChI=1S/C17H35N5O4S/c1-16(2,3)26-15(23)22-10-8-9-13(11-22)20-14(18-6)19-12-17(4,5)21-27(7,24)25/h13,21H,8-12H2,1-7H3,(H2,18,19,20). The molecule has 1 rings (SSSR count). The number of nitrogens with one attached hydrogen (secondary N) is 3. The molecule has 9 nitrogen and oxygen atoms in total. The van der Waals surface area contributed by atoms with E-state index in [4.69, 9.17) is 4.74 Å². The molecule has 27 heavy (non-hydrogen) atoms. The number of ether oxygens (including phenoxy) is 1. The first-order valence-corrected chi connectivity index (χ1v) is 11.0. The fourth-order valence-corrected chi connectivity index (χ4v) is 3.89. The predicted octanol–water partition coefficient (Wildman–Crippen LogP) is 0.879. The Hall–Kier alpha value is -1.55. The Bertz CT molecular complexity index is 640. The van der Waals surface area contributed by atoms with E-state index in [1.54, 1.807) is 25.8 Å². The summed E-state index contributed by atoms with van der Waals surface area (Å²) in [5, 5.41) is 6.44. The highest BCUT2D eigenvalue weighted by molar-refractivity contribution is 7.88. The number of aliphatic imine (C=N–C) groups is 1. The highest BCUT2D eigenvalue weighted by Gasteiger charge is 2.28. The second-order valence-corrected chi connectivity index (χ2v) is 10.3. The van der Waals surface area contributed by atoms with E-state index < -0.39 is 21.2 Å². The van der Waals surface area contributed by atoms with Crippen molar-refractivity contribution in [3.8, 4) is 0 Å². The number of piperidine rings is 1. The molecule has 1 aliphatic rings. The lowest BCUT2D eigenvalue weighted by atomic mass is 10.1. The summed E-state index contributed by atoms with van der Waals surface area (Å²) in [6.07, 6.45) is 2.60. The molecule has 3 N–H and O–H groups in total. The lowest BCUT2D eigenvalue weighted by molar-refractivity contribution is 0.0193. The van der Waals surface area contributed by atoms with Crippen molar-refractivity contribution in [3.63, 3.8) is 0 Å². The molecule has 1 unspecified atom stereocenters. The molecule has 0 radical (unpaired) electrons. The van der Waals surface area contributed by atoms with Crippen LogP contribution in [-0.2, 0) is 14.8 Å². The summed E-state index contributed by atoms with van der Waals surface area (Å²) in [5.74, 6) is 0.564. The molecule has 10 heteroatoms. The predicted molar refractivity (Wildman–Crippen MR) is 107 cm³/mol. The van der Waals surface area contributed by atoms with Gasteiger partial charge in [-0.3, -0.25) is 4.99 Å². The minimum Gasteiger partial charge on any atom is -0.444 e. The van der Waals surface area contributed by atoms with Crippen LogP contribution < -0.4 is 15.4 Å². The molecule has 1 fully saturated rings. The highest BCUT2D eigenvalue weighted by Crippen LogP contribution is 2.15. The minimum absolute atomic E-state index is 0.0449. The molecule has 1 heterocycles. The Morgan fingerprint density at radius 3 is 2.41 bits per heavy atom. The number of hydrogen-bond acceptors (Lipinski definition) is 5. The van der Waals surface area contributed by atoms with E-state index >= 15 is 0 Å². The number of carbonyl (C=O) groups is 1. The molecule has 0 aromatic heterocycles. The molecule has 0 aliphatic carbocycles. The van der Waals surface area contributed by atoms with Crippen LogP contribution in [0.1, 0.15) is 47.5 Å². The van der Waals surface area contributed by atoms with Crippen molar-refractivity contribution >= 4 is 22.1 Å². The third-order valence-electron chi connectivity index (χ3n) is 3.80. The molecular weight excluding hydrogens is 370 g/mol. The van der Waals surface area contributed by atoms with Gasteiger partial charge in [0.05, 0.1) is 6.26 Å². The van der Waals surface area contributed by atoms with E-state index in [0.717, 1.165) is 19.1 Å². The van der Waals surface area contributed by atoms with Crippen molar-refractivity contribution in [3.05, 3.63) is 0 Å². The molecule has 158 valence electrons.